The molecule has 17 heteroatoms. The number of anilines is 4. The van der Waals surface area contributed by atoms with Gasteiger partial charge in [-0.15, -0.1) is 11.8 Å². The number of carbonyl (C=O) groups is 3. The van der Waals surface area contributed by atoms with E-state index in [0.717, 1.165) is 61.8 Å². The number of carbonyl (C=O) groups excluding carboxylic acids is 3. The summed E-state index contributed by atoms with van der Waals surface area (Å²) in [5, 5.41) is 9.37. The van der Waals surface area contributed by atoms with Crippen molar-refractivity contribution in [1.29, 1.82) is 0 Å². The quantitative estimate of drug-likeness (QED) is 0.0714. The van der Waals surface area contributed by atoms with E-state index >= 15 is 0 Å². The number of aromatic nitrogens is 3. The predicted molar refractivity (Wildman–Crippen MR) is 224 cm³/mol. The Hall–Kier alpha value is -4.16. The number of thiazole rings is 1. The van der Waals surface area contributed by atoms with Crippen LogP contribution in [0, 0.1) is 13.8 Å². The lowest BCUT2D eigenvalue weighted by Gasteiger charge is -2.35. The van der Waals surface area contributed by atoms with Crippen LogP contribution in [0.3, 0.4) is 0 Å². The maximum Gasteiger partial charge on any atom is 0.267 e. The zero-order valence-electron chi connectivity index (χ0n) is 32.3. The Morgan fingerprint density at radius 2 is 1.70 bits per heavy atom. The van der Waals surface area contributed by atoms with Gasteiger partial charge in [-0.25, -0.2) is 15.0 Å². The number of benzene rings is 2. The summed E-state index contributed by atoms with van der Waals surface area (Å²) in [6, 6.07) is 15.6. The molecule has 14 nitrogen and oxygen atoms in total. The molecule has 2 aliphatic rings. The second kappa shape index (κ2) is 21.6. The van der Waals surface area contributed by atoms with Gasteiger partial charge in [0.2, 0.25) is 11.8 Å². The van der Waals surface area contributed by atoms with Gasteiger partial charge in [0, 0.05) is 56.7 Å². The number of imide groups is 1. The molecule has 0 aliphatic carbocycles. The number of amides is 3. The zero-order chi connectivity index (χ0) is 40.0. The average molecular weight is 837 g/mol. The SMILES string of the molecule is Cc1nc(Nc2ncc(C(=O)Nc3c(C)cccc3Cl)s2)cc(N2CCN(CCOCCOCCOCCCc3ccc(SC4CCC(=O)NC4=O)cc3)CC2)n1. The van der Waals surface area contributed by atoms with Crippen molar-refractivity contribution in [2.24, 2.45) is 0 Å². The van der Waals surface area contributed by atoms with E-state index in [4.69, 9.17) is 25.8 Å². The van der Waals surface area contributed by atoms with Crippen molar-refractivity contribution in [3.63, 3.8) is 0 Å². The number of aryl methyl sites for hydroxylation is 3. The summed E-state index contributed by atoms with van der Waals surface area (Å²) in [4.78, 5) is 56.0. The highest BCUT2D eigenvalue weighted by Gasteiger charge is 2.27. The molecule has 0 bridgehead atoms. The van der Waals surface area contributed by atoms with Crippen molar-refractivity contribution in [1.82, 2.24) is 25.2 Å². The summed E-state index contributed by atoms with van der Waals surface area (Å²) in [5.74, 6) is 1.45. The van der Waals surface area contributed by atoms with Crippen LogP contribution in [0.4, 0.5) is 22.5 Å². The molecular formula is C40H49ClN8O6S2. The molecule has 6 rings (SSSR count). The number of halogens is 1. The van der Waals surface area contributed by atoms with Gasteiger partial charge in [-0.05, 0) is 62.4 Å². The molecule has 1 atom stereocenters. The molecule has 4 aromatic rings. The average Bonchev–Trinajstić information content (AvgIpc) is 3.67. The van der Waals surface area contributed by atoms with Gasteiger partial charge in [-0.2, -0.15) is 0 Å². The number of ether oxygens (including phenoxy) is 3. The molecular weight excluding hydrogens is 788 g/mol. The first kappa shape index (κ1) is 42.4. The molecule has 2 aromatic heterocycles. The van der Waals surface area contributed by atoms with Gasteiger partial charge >= 0.3 is 0 Å². The topological polar surface area (TPSA) is 160 Å². The molecule has 3 amide bonds. The molecule has 2 saturated heterocycles. The molecule has 3 N–H and O–H groups in total. The Morgan fingerprint density at radius 3 is 2.44 bits per heavy atom. The molecule has 2 aliphatic heterocycles. The summed E-state index contributed by atoms with van der Waals surface area (Å²) in [7, 11) is 0. The maximum absolute atomic E-state index is 12.9. The number of nitrogens with one attached hydrogen (secondary N) is 3. The third-order valence-electron chi connectivity index (χ3n) is 9.39. The predicted octanol–water partition coefficient (Wildman–Crippen LogP) is 5.90. The van der Waals surface area contributed by atoms with Gasteiger partial charge in [0.1, 0.15) is 22.3 Å². The maximum atomic E-state index is 12.9. The molecule has 2 fully saturated rings. The van der Waals surface area contributed by atoms with Gasteiger partial charge in [0.15, 0.2) is 5.13 Å². The van der Waals surface area contributed by atoms with Crippen LogP contribution in [0.15, 0.2) is 59.6 Å². The highest BCUT2D eigenvalue weighted by Crippen LogP contribution is 2.30. The lowest BCUT2D eigenvalue weighted by molar-refractivity contribution is -0.132. The monoisotopic (exact) mass is 836 g/mol. The number of hydrogen-bond acceptors (Lipinski definition) is 14. The summed E-state index contributed by atoms with van der Waals surface area (Å²) >= 11 is 9.03. The number of thioether (sulfide) groups is 1. The molecule has 57 heavy (non-hydrogen) atoms. The minimum Gasteiger partial charge on any atom is -0.379 e. The van der Waals surface area contributed by atoms with Crippen LogP contribution in [0.2, 0.25) is 5.02 Å². The highest BCUT2D eigenvalue weighted by molar-refractivity contribution is 8.00. The van der Waals surface area contributed by atoms with Crippen molar-refractivity contribution in [2.45, 2.75) is 49.7 Å². The minimum atomic E-state index is -0.274. The Morgan fingerprint density at radius 1 is 0.965 bits per heavy atom. The van der Waals surface area contributed by atoms with Crippen molar-refractivity contribution in [2.75, 3.05) is 87.9 Å². The Kier molecular flexibility index (Phi) is 16.1. The number of nitrogens with zero attached hydrogens (tertiary/aromatic N) is 5. The van der Waals surface area contributed by atoms with Gasteiger partial charge in [-0.1, -0.05) is 47.2 Å². The van der Waals surface area contributed by atoms with Crippen molar-refractivity contribution >= 4 is 74.9 Å². The third kappa shape index (κ3) is 13.2. The van der Waals surface area contributed by atoms with Crippen LogP contribution in [0.25, 0.3) is 0 Å². The van der Waals surface area contributed by atoms with Crippen LogP contribution in [0.1, 0.15) is 45.9 Å². The van der Waals surface area contributed by atoms with E-state index in [1.54, 1.807) is 6.07 Å². The smallest absolute Gasteiger partial charge is 0.267 e. The Balaban J connectivity index is 0.788. The number of piperazine rings is 1. The second-order valence-corrected chi connectivity index (χ2v) is 16.4. The first-order valence-corrected chi connectivity index (χ1v) is 21.2. The molecule has 2 aromatic carbocycles. The van der Waals surface area contributed by atoms with E-state index in [2.05, 4.69) is 52.8 Å². The molecule has 1 unspecified atom stereocenters. The molecule has 304 valence electrons. The minimum absolute atomic E-state index is 0.189. The Labute approximate surface area is 346 Å². The van der Waals surface area contributed by atoms with Crippen molar-refractivity contribution in [3.05, 3.63) is 81.6 Å². The van der Waals surface area contributed by atoms with E-state index < -0.39 is 0 Å². The number of para-hydroxylation sites is 1. The van der Waals surface area contributed by atoms with Crippen molar-refractivity contribution < 1.29 is 28.6 Å². The summed E-state index contributed by atoms with van der Waals surface area (Å²) in [5.41, 5.74) is 2.70. The van der Waals surface area contributed by atoms with E-state index in [0.29, 0.717) is 84.8 Å². The fourth-order valence-electron chi connectivity index (χ4n) is 6.29. The van der Waals surface area contributed by atoms with Crippen LogP contribution >= 0.6 is 34.7 Å². The van der Waals surface area contributed by atoms with Crippen LogP contribution in [-0.2, 0) is 30.2 Å². The second-order valence-electron chi connectivity index (χ2n) is 13.7. The standard InChI is InChI=1S/C40H49ClN8O6S2/c1-27-5-3-7-31(41)37(27)47-39(52)33-26-42-40(57-33)45-34-25-35(44-28(2)43-34)49-16-14-48(15-17-49)18-20-54-22-24-55-23-21-53-19-4-6-29-8-10-30(11-9-29)56-32-12-13-36(50)46-38(32)51/h3,5,7-11,25-26,32H,4,6,12-24H2,1-2H3,(H,47,52)(H,46,50,51)(H,42,43,44,45). The summed E-state index contributed by atoms with van der Waals surface area (Å²) in [6.45, 7) is 11.5. The van der Waals surface area contributed by atoms with Gasteiger partial charge < -0.3 is 29.7 Å². The van der Waals surface area contributed by atoms with Crippen LogP contribution in [-0.4, -0.2) is 115 Å². The molecule has 0 radical (unpaired) electrons. The van der Waals surface area contributed by atoms with E-state index in [1.165, 1.54) is 34.9 Å². The van der Waals surface area contributed by atoms with Gasteiger partial charge in [0.25, 0.3) is 5.91 Å². The fraction of sp³-hybridized carbons (Fsp3) is 0.450. The van der Waals surface area contributed by atoms with Crippen molar-refractivity contribution in [3.8, 4) is 0 Å². The normalized spacial score (nSPS) is 16.1. The van der Waals surface area contributed by atoms with E-state index in [-0.39, 0.29) is 23.0 Å². The number of piperidine rings is 1. The largest absolute Gasteiger partial charge is 0.379 e. The van der Waals surface area contributed by atoms with Crippen LogP contribution < -0.4 is 20.9 Å². The van der Waals surface area contributed by atoms with E-state index in [1.807, 2.05) is 44.2 Å². The number of rotatable bonds is 20. The molecule has 4 heterocycles. The van der Waals surface area contributed by atoms with Crippen LogP contribution in [0.5, 0.6) is 0 Å². The third-order valence-corrected chi connectivity index (χ3v) is 11.9. The zero-order valence-corrected chi connectivity index (χ0v) is 34.6. The molecule has 0 saturated carbocycles. The highest BCUT2D eigenvalue weighted by atomic mass is 35.5. The summed E-state index contributed by atoms with van der Waals surface area (Å²) < 4.78 is 17.2. The van der Waals surface area contributed by atoms with Gasteiger partial charge in [-0.3, -0.25) is 24.6 Å². The summed E-state index contributed by atoms with van der Waals surface area (Å²) in [6.07, 6.45) is 4.34. The lowest BCUT2D eigenvalue weighted by atomic mass is 10.1. The fourth-order valence-corrected chi connectivity index (χ4v) is 8.30. The first-order chi connectivity index (χ1) is 27.7. The lowest BCUT2D eigenvalue weighted by Crippen LogP contribution is -2.47. The molecule has 0 spiro atoms. The van der Waals surface area contributed by atoms with E-state index in [9.17, 15) is 14.4 Å². The Bertz CT molecular complexity index is 1940. The van der Waals surface area contributed by atoms with Gasteiger partial charge in [0.05, 0.1) is 55.2 Å². The number of hydrogen-bond donors (Lipinski definition) is 3. The first-order valence-electron chi connectivity index (χ1n) is 19.1.